The lowest BCUT2D eigenvalue weighted by Crippen LogP contribution is -2.54. The summed E-state index contributed by atoms with van der Waals surface area (Å²) in [4.78, 5) is 0. The molecule has 0 aromatic heterocycles. The maximum Gasteiger partial charge on any atom is -0.0323 e. The van der Waals surface area contributed by atoms with Gasteiger partial charge in [0.25, 0.3) is 0 Å². The summed E-state index contributed by atoms with van der Waals surface area (Å²) in [5.41, 5.74) is 0. The van der Waals surface area contributed by atoms with Gasteiger partial charge in [-0.2, -0.15) is 13.5 Å². The van der Waals surface area contributed by atoms with Crippen LogP contribution in [0.3, 0.4) is 0 Å². The Labute approximate surface area is 207 Å². The summed E-state index contributed by atoms with van der Waals surface area (Å²) in [5.74, 6) is 12.4. The number of fused-ring (bicyclic) bond motifs is 3. The minimum atomic E-state index is 0. The van der Waals surface area contributed by atoms with Crippen LogP contribution >= 0.6 is 13.5 Å². The third-order valence-electron chi connectivity index (χ3n) is 12.5. The van der Waals surface area contributed by atoms with E-state index in [1.54, 1.807) is 122 Å². The maximum absolute atomic E-state index is 2.53. The van der Waals surface area contributed by atoms with Crippen LogP contribution in [0.4, 0.5) is 0 Å². The van der Waals surface area contributed by atoms with E-state index < -0.39 is 0 Å². The third kappa shape index (κ3) is 4.48. The summed E-state index contributed by atoms with van der Waals surface area (Å²) in [6.45, 7) is 2.53. The predicted octanol–water partition coefficient (Wildman–Crippen LogP) is 9.39. The monoisotopic (exact) mass is 458 g/mol. The first-order valence-electron chi connectivity index (χ1n) is 15.3. The summed E-state index contributed by atoms with van der Waals surface area (Å²) in [6, 6.07) is 0. The van der Waals surface area contributed by atoms with Crippen LogP contribution in [0, 0.1) is 65.1 Å². The van der Waals surface area contributed by atoms with Crippen molar-refractivity contribution in [3.05, 3.63) is 0 Å². The van der Waals surface area contributed by atoms with E-state index in [4.69, 9.17) is 0 Å². The molecule has 1 heteroatoms. The Bertz CT molecular complexity index is 567. The van der Waals surface area contributed by atoms with Gasteiger partial charge in [-0.05, 0) is 123 Å². The van der Waals surface area contributed by atoms with Crippen molar-refractivity contribution >= 4 is 13.5 Å². The minimum absolute atomic E-state index is 0. The largest absolute Gasteiger partial charge is 0.197 e. The van der Waals surface area contributed by atoms with Crippen LogP contribution in [-0.4, -0.2) is 0 Å². The van der Waals surface area contributed by atoms with Gasteiger partial charge in [-0.1, -0.05) is 71.1 Å². The first-order valence-corrected chi connectivity index (χ1v) is 15.3. The van der Waals surface area contributed by atoms with Gasteiger partial charge >= 0.3 is 0 Å². The van der Waals surface area contributed by atoms with Crippen molar-refractivity contribution < 1.29 is 0 Å². The van der Waals surface area contributed by atoms with Crippen molar-refractivity contribution in [3.8, 4) is 0 Å². The Balaban J connectivity index is 0.00000216. The predicted molar refractivity (Wildman–Crippen MR) is 142 cm³/mol. The summed E-state index contributed by atoms with van der Waals surface area (Å²) in [7, 11) is 0. The zero-order valence-corrected chi connectivity index (χ0v) is 22.3. The minimum Gasteiger partial charge on any atom is -0.197 e. The molecule has 184 valence electrons. The molecule has 7 atom stereocenters. The van der Waals surface area contributed by atoms with Crippen LogP contribution in [0.5, 0.6) is 0 Å². The smallest absolute Gasteiger partial charge is 0.0323 e. The SMILES string of the molecule is CC1CCC(C2C3CCCCC3C(C3CCC4CCCCC4C3)C3CCCCC32)CC1.S. The highest BCUT2D eigenvalue weighted by molar-refractivity contribution is 7.59. The fraction of sp³-hybridized carbons (Fsp3) is 1.00. The summed E-state index contributed by atoms with van der Waals surface area (Å²) < 4.78 is 0. The first-order chi connectivity index (χ1) is 15.3. The second-order valence-corrected chi connectivity index (χ2v) is 13.8. The Morgan fingerprint density at radius 1 is 0.375 bits per heavy atom. The molecule has 6 aliphatic rings. The molecule has 0 radical (unpaired) electrons. The fourth-order valence-electron chi connectivity index (χ4n) is 11.3. The Morgan fingerprint density at radius 2 is 0.781 bits per heavy atom. The van der Waals surface area contributed by atoms with Crippen molar-refractivity contribution in [2.24, 2.45) is 65.1 Å². The van der Waals surface area contributed by atoms with Crippen molar-refractivity contribution in [2.45, 2.75) is 129 Å². The van der Waals surface area contributed by atoms with Crippen LogP contribution in [0.1, 0.15) is 129 Å². The lowest BCUT2D eigenvalue weighted by Gasteiger charge is -2.61. The summed E-state index contributed by atoms with van der Waals surface area (Å²) in [6.07, 6.45) is 30.3. The molecule has 6 fully saturated rings. The third-order valence-corrected chi connectivity index (χ3v) is 12.5. The van der Waals surface area contributed by atoms with E-state index in [1.165, 1.54) is 0 Å². The van der Waals surface area contributed by atoms with E-state index >= 15 is 0 Å². The number of rotatable bonds is 2. The molecule has 32 heavy (non-hydrogen) atoms. The summed E-state index contributed by atoms with van der Waals surface area (Å²) >= 11 is 0. The molecule has 0 aromatic rings. The van der Waals surface area contributed by atoms with Gasteiger partial charge < -0.3 is 0 Å². The van der Waals surface area contributed by atoms with Gasteiger partial charge in [0, 0.05) is 0 Å². The van der Waals surface area contributed by atoms with Crippen molar-refractivity contribution in [3.63, 3.8) is 0 Å². The molecular formula is C31H54S. The van der Waals surface area contributed by atoms with E-state index in [2.05, 4.69) is 6.92 Å². The molecule has 0 bridgehead atoms. The molecule has 0 saturated heterocycles. The molecule has 0 heterocycles. The Kier molecular flexibility index (Phi) is 7.92. The molecule has 0 nitrogen and oxygen atoms in total. The average molecular weight is 459 g/mol. The van der Waals surface area contributed by atoms with E-state index in [0.717, 1.165) is 65.1 Å². The van der Waals surface area contributed by atoms with Crippen molar-refractivity contribution in [1.29, 1.82) is 0 Å². The lowest BCUT2D eigenvalue weighted by molar-refractivity contribution is -0.118. The van der Waals surface area contributed by atoms with Gasteiger partial charge in [-0.3, -0.25) is 0 Å². The van der Waals surface area contributed by atoms with Crippen LogP contribution in [0.15, 0.2) is 0 Å². The Morgan fingerprint density at radius 3 is 1.34 bits per heavy atom. The highest BCUT2D eigenvalue weighted by Crippen LogP contribution is 2.63. The molecule has 0 aromatic carbocycles. The first kappa shape index (κ1) is 24.1. The van der Waals surface area contributed by atoms with E-state index in [1.807, 2.05) is 0 Å². The second-order valence-electron chi connectivity index (χ2n) is 13.8. The van der Waals surface area contributed by atoms with E-state index in [-0.39, 0.29) is 13.5 Å². The Hall–Kier alpha value is 0.350. The molecule has 0 amide bonds. The molecule has 6 rings (SSSR count). The van der Waals surface area contributed by atoms with Gasteiger partial charge in [0.2, 0.25) is 0 Å². The molecule has 0 spiro atoms. The van der Waals surface area contributed by atoms with E-state index in [9.17, 15) is 0 Å². The van der Waals surface area contributed by atoms with Crippen molar-refractivity contribution in [2.75, 3.05) is 0 Å². The quantitative estimate of drug-likeness (QED) is 0.386. The summed E-state index contributed by atoms with van der Waals surface area (Å²) in [5, 5.41) is 0. The zero-order valence-electron chi connectivity index (χ0n) is 21.3. The molecule has 6 saturated carbocycles. The number of hydrogen-bond acceptors (Lipinski definition) is 0. The molecular weight excluding hydrogens is 404 g/mol. The molecule has 7 unspecified atom stereocenters. The molecule has 0 aliphatic heterocycles. The van der Waals surface area contributed by atoms with Crippen LogP contribution in [0.25, 0.3) is 0 Å². The van der Waals surface area contributed by atoms with Gasteiger partial charge in [0.05, 0.1) is 0 Å². The van der Waals surface area contributed by atoms with Gasteiger partial charge in [-0.25, -0.2) is 0 Å². The van der Waals surface area contributed by atoms with Crippen LogP contribution in [-0.2, 0) is 0 Å². The highest BCUT2D eigenvalue weighted by atomic mass is 32.1. The van der Waals surface area contributed by atoms with Gasteiger partial charge in [0.1, 0.15) is 0 Å². The molecule has 6 aliphatic carbocycles. The van der Waals surface area contributed by atoms with Gasteiger partial charge in [0.15, 0.2) is 0 Å². The zero-order chi connectivity index (χ0) is 20.8. The average Bonchev–Trinajstić information content (AvgIpc) is 2.83. The normalized spacial score (nSPS) is 51.5. The fourth-order valence-corrected chi connectivity index (χ4v) is 11.3. The standard InChI is InChI=1S/C31H52.H2S/c1-21-14-16-23(17-15-21)30-26-10-4-6-12-28(26)31(29-13-7-5-11-27(29)30)25-19-18-22-8-2-3-9-24(22)20-25;/h21-31H,2-20H2,1H3;1H2. The van der Waals surface area contributed by atoms with E-state index in [0.29, 0.717) is 0 Å². The van der Waals surface area contributed by atoms with Crippen molar-refractivity contribution in [1.82, 2.24) is 0 Å². The maximum atomic E-state index is 2.53. The van der Waals surface area contributed by atoms with Crippen LogP contribution in [0.2, 0.25) is 0 Å². The highest BCUT2D eigenvalue weighted by Gasteiger charge is 2.55. The van der Waals surface area contributed by atoms with Gasteiger partial charge in [-0.15, -0.1) is 0 Å². The van der Waals surface area contributed by atoms with Crippen LogP contribution < -0.4 is 0 Å². The number of hydrogen-bond donors (Lipinski definition) is 0. The lowest BCUT2D eigenvalue weighted by atomic mass is 9.44. The topological polar surface area (TPSA) is 0 Å². The molecule has 0 N–H and O–H groups in total. The second kappa shape index (κ2) is 10.5.